The predicted octanol–water partition coefficient (Wildman–Crippen LogP) is 2.16. The average molecular weight is 440 g/mol. The summed E-state index contributed by atoms with van der Waals surface area (Å²) in [6.45, 7) is 9.77. The smallest absolute Gasteiger partial charge is 0.251 e. The number of amides is 1. The quantitative estimate of drug-likeness (QED) is 0.646. The van der Waals surface area contributed by atoms with Gasteiger partial charge in [-0.25, -0.2) is 0 Å². The molecule has 7 nitrogen and oxygen atoms in total. The van der Waals surface area contributed by atoms with Gasteiger partial charge in [0.05, 0.1) is 26.4 Å². The molecule has 0 saturated carbocycles. The molecule has 0 atom stereocenters. The summed E-state index contributed by atoms with van der Waals surface area (Å²) in [5, 5.41) is 3.03. The highest BCUT2D eigenvalue weighted by Gasteiger charge is 2.13. The fraction of sp³-hybridized carbons (Fsp3) is 0.480. The second kappa shape index (κ2) is 12.0. The first-order valence-electron chi connectivity index (χ1n) is 11.5. The summed E-state index contributed by atoms with van der Waals surface area (Å²) in [6, 6.07) is 15.8. The van der Waals surface area contributed by atoms with E-state index in [4.69, 9.17) is 14.2 Å². The Morgan fingerprint density at radius 1 is 0.875 bits per heavy atom. The lowest BCUT2D eigenvalue weighted by molar-refractivity contribution is 0.0322. The normalized spacial score (nSPS) is 17.8. The number of nitrogens with one attached hydrogen (secondary N) is 1. The van der Waals surface area contributed by atoms with Crippen LogP contribution in [-0.2, 0) is 22.6 Å². The summed E-state index contributed by atoms with van der Waals surface area (Å²) >= 11 is 0. The van der Waals surface area contributed by atoms with Crippen molar-refractivity contribution in [3.63, 3.8) is 0 Å². The second-order valence-corrected chi connectivity index (χ2v) is 8.22. The van der Waals surface area contributed by atoms with Gasteiger partial charge in [-0.05, 0) is 35.4 Å². The molecule has 0 unspecified atom stereocenters. The lowest BCUT2D eigenvalue weighted by atomic mass is 10.1. The molecule has 4 rings (SSSR count). The maximum Gasteiger partial charge on any atom is 0.251 e. The van der Waals surface area contributed by atoms with E-state index in [1.54, 1.807) is 0 Å². The highest BCUT2D eigenvalue weighted by molar-refractivity contribution is 5.94. The van der Waals surface area contributed by atoms with Crippen molar-refractivity contribution in [3.05, 3.63) is 65.2 Å². The van der Waals surface area contributed by atoms with Gasteiger partial charge in [0.2, 0.25) is 0 Å². The zero-order valence-corrected chi connectivity index (χ0v) is 18.6. The first-order chi connectivity index (χ1) is 15.8. The number of nitrogens with zero attached hydrogens (tertiary/aromatic N) is 2. The Bertz CT molecular complexity index is 864. The minimum atomic E-state index is -0.0625. The highest BCUT2D eigenvalue weighted by Crippen LogP contribution is 2.14. The first-order valence-corrected chi connectivity index (χ1v) is 11.5. The molecule has 2 aliphatic heterocycles. The van der Waals surface area contributed by atoms with Crippen molar-refractivity contribution in [2.75, 3.05) is 65.8 Å². The summed E-state index contributed by atoms with van der Waals surface area (Å²) in [4.78, 5) is 17.4. The van der Waals surface area contributed by atoms with Crippen LogP contribution in [-0.4, -0.2) is 81.5 Å². The van der Waals surface area contributed by atoms with Gasteiger partial charge in [-0.3, -0.25) is 14.6 Å². The molecule has 0 aromatic heterocycles. The van der Waals surface area contributed by atoms with Crippen LogP contribution in [0.15, 0.2) is 48.5 Å². The van der Waals surface area contributed by atoms with Crippen molar-refractivity contribution in [1.82, 2.24) is 15.1 Å². The number of hydrogen-bond donors (Lipinski definition) is 1. The van der Waals surface area contributed by atoms with Crippen LogP contribution in [0.2, 0.25) is 0 Å². The standard InChI is InChI=1S/C25H33N3O4/c29-25(23-5-1-4-22(17-23)20-28-9-14-31-15-10-28)26-19-21-3-2-6-24(18-21)32-16-11-27-7-12-30-13-8-27/h1-6,17-18H,7-16,19-20H2,(H,26,29). The minimum absolute atomic E-state index is 0.0625. The molecule has 0 aliphatic carbocycles. The van der Waals surface area contributed by atoms with Gasteiger partial charge in [0.1, 0.15) is 12.4 Å². The lowest BCUT2D eigenvalue weighted by Crippen LogP contribution is -2.38. The summed E-state index contributed by atoms with van der Waals surface area (Å²) in [6.07, 6.45) is 0. The van der Waals surface area contributed by atoms with Crippen molar-refractivity contribution >= 4 is 5.91 Å². The van der Waals surface area contributed by atoms with Crippen LogP contribution in [0.1, 0.15) is 21.5 Å². The van der Waals surface area contributed by atoms with Crippen LogP contribution in [0.3, 0.4) is 0 Å². The van der Waals surface area contributed by atoms with E-state index >= 15 is 0 Å². The number of carbonyl (C=O) groups excluding carboxylic acids is 1. The Labute approximate surface area is 190 Å². The molecule has 0 spiro atoms. The first kappa shape index (κ1) is 22.7. The number of ether oxygens (including phenoxy) is 3. The maximum atomic E-state index is 12.7. The molecular formula is C25H33N3O4. The molecule has 2 aromatic carbocycles. The van der Waals surface area contributed by atoms with E-state index in [-0.39, 0.29) is 5.91 Å². The van der Waals surface area contributed by atoms with Gasteiger partial charge in [-0.1, -0.05) is 24.3 Å². The lowest BCUT2D eigenvalue weighted by Gasteiger charge is -2.26. The number of morpholine rings is 2. The van der Waals surface area contributed by atoms with E-state index in [1.165, 1.54) is 0 Å². The van der Waals surface area contributed by atoms with Crippen LogP contribution in [0.4, 0.5) is 0 Å². The van der Waals surface area contributed by atoms with Gasteiger partial charge in [-0.2, -0.15) is 0 Å². The summed E-state index contributed by atoms with van der Waals surface area (Å²) in [5.74, 6) is 0.769. The molecule has 0 bridgehead atoms. The van der Waals surface area contributed by atoms with Crippen molar-refractivity contribution in [1.29, 1.82) is 0 Å². The molecule has 2 aromatic rings. The van der Waals surface area contributed by atoms with Gasteiger partial charge < -0.3 is 19.5 Å². The molecule has 32 heavy (non-hydrogen) atoms. The van der Waals surface area contributed by atoms with Gasteiger partial charge in [0, 0.05) is 51.4 Å². The third-order valence-corrected chi connectivity index (χ3v) is 5.83. The topological polar surface area (TPSA) is 63.3 Å². The Balaban J connectivity index is 1.24. The number of carbonyl (C=O) groups is 1. The fourth-order valence-corrected chi connectivity index (χ4v) is 3.98. The van der Waals surface area contributed by atoms with Gasteiger partial charge in [-0.15, -0.1) is 0 Å². The van der Waals surface area contributed by atoms with Crippen LogP contribution >= 0.6 is 0 Å². The van der Waals surface area contributed by atoms with Crippen LogP contribution < -0.4 is 10.1 Å². The Morgan fingerprint density at radius 2 is 1.56 bits per heavy atom. The summed E-state index contributed by atoms with van der Waals surface area (Å²) < 4.78 is 16.7. The minimum Gasteiger partial charge on any atom is -0.492 e. The number of benzene rings is 2. The predicted molar refractivity (Wildman–Crippen MR) is 123 cm³/mol. The van der Waals surface area contributed by atoms with Gasteiger partial charge in [0.15, 0.2) is 0 Å². The monoisotopic (exact) mass is 439 g/mol. The molecular weight excluding hydrogens is 406 g/mol. The van der Waals surface area contributed by atoms with E-state index in [2.05, 4.69) is 21.2 Å². The average Bonchev–Trinajstić information content (AvgIpc) is 2.84. The molecule has 172 valence electrons. The van der Waals surface area contributed by atoms with E-state index in [0.717, 1.165) is 82.6 Å². The Morgan fingerprint density at radius 3 is 2.34 bits per heavy atom. The number of rotatable bonds is 9. The van der Waals surface area contributed by atoms with Crippen molar-refractivity contribution in [3.8, 4) is 5.75 Å². The van der Waals surface area contributed by atoms with Gasteiger partial charge >= 0.3 is 0 Å². The maximum absolute atomic E-state index is 12.7. The van der Waals surface area contributed by atoms with Crippen molar-refractivity contribution in [2.45, 2.75) is 13.1 Å². The zero-order chi connectivity index (χ0) is 22.0. The van der Waals surface area contributed by atoms with Crippen LogP contribution in [0.25, 0.3) is 0 Å². The largest absolute Gasteiger partial charge is 0.492 e. The molecule has 1 amide bonds. The molecule has 1 N–H and O–H groups in total. The number of hydrogen-bond acceptors (Lipinski definition) is 6. The zero-order valence-electron chi connectivity index (χ0n) is 18.6. The van der Waals surface area contributed by atoms with Crippen LogP contribution in [0.5, 0.6) is 5.75 Å². The van der Waals surface area contributed by atoms with E-state index in [1.807, 2.05) is 42.5 Å². The molecule has 2 aliphatic rings. The Hall–Kier alpha value is -2.45. The van der Waals surface area contributed by atoms with Crippen molar-refractivity contribution in [2.24, 2.45) is 0 Å². The van der Waals surface area contributed by atoms with E-state index in [0.29, 0.717) is 18.7 Å². The SMILES string of the molecule is O=C(NCc1cccc(OCCN2CCOCC2)c1)c1cccc(CN2CCOCC2)c1. The fourth-order valence-electron chi connectivity index (χ4n) is 3.98. The summed E-state index contributed by atoms with van der Waals surface area (Å²) in [7, 11) is 0. The van der Waals surface area contributed by atoms with Crippen molar-refractivity contribution < 1.29 is 19.0 Å². The molecule has 0 radical (unpaired) electrons. The second-order valence-electron chi connectivity index (χ2n) is 8.22. The molecule has 2 saturated heterocycles. The highest BCUT2D eigenvalue weighted by atomic mass is 16.5. The third-order valence-electron chi connectivity index (χ3n) is 5.83. The Kier molecular flexibility index (Phi) is 8.50. The molecule has 7 heteroatoms. The third kappa shape index (κ3) is 7.03. The van der Waals surface area contributed by atoms with Crippen LogP contribution in [0, 0.1) is 0 Å². The molecule has 2 heterocycles. The molecule has 2 fully saturated rings. The summed E-state index contributed by atoms with van der Waals surface area (Å²) in [5.41, 5.74) is 2.86. The van der Waals surface area contributed by atoms with E-state index in [9.17, 15) is 4.79 Å². The van der Waals surface area contributed by atoms with Gasteiger partial charge in [0.25, 0.3) is 5.91 Å². The van der Waals surface area contributed by atoms with E-state index < -0.39 is 0 Å².